The maximum Gasteiger partial charge on any atom is 0.491 e. The van der Waals surface area contributed by atoms with Gasteiger partial charge >= 0.3 is 7.12 Å². The minimum Gasteiger partial charge on any atom is -0.400 e. The summed E-state index contributed by atoms with van der Waals surface area (Å²) in [5.74, 6) is 0. The first kappa shape index (κ1) is 16.6. The van der Waals surface area contributed by atoms with Crippen LogP contribution in [0.3, 0.4) is 0 Å². The molecule has 2 N–H and O–H groups in total. The summed E-state index contributed by atoms with van der Waals surface area (Å²) < 4.78 is 12.1. The van der Waals surface area contributed by atoms with Gasteiger partial charge in [0.2, 0.25) is 0 Å². The molecule has 0 aromatic heterocycles. The molecular weight excluding hydrogens is 284 g/mol. The van der Waals surface area contributed by atoms with E-state index in [1.165, 1.54) is 0 Å². The third-order valence-corrected chi connectivity index (χ3v) is 4.75. The lowest BCUT2D eigenvalue weighted by Gasteiger charge is -2.32. The molecule has 0 saturated carbocycles. The number of nitrogens with two attached hydrogens (primary N) is 1. The van der Waals surface area contributed by atoms with Crippen molar-refractivity contribution in [2.75, 3.05) is 6.54 Å². The first-order chi connectivity index (χ1) is 9.66. The fraction of sp³-hybridized carbons (Fsp3) is 0.500. The predicted octanol–water partition coefficient (Wildman–Crippen LogP) is 3.62. The molecule has 2 rings (SSSR count). The van der Waals surface area contributed by atoms with Crippen molar-refractivity contribution < 1.29 is 9.31 Å². The van der Waals surface area contributed by atoms with Crippen molar-refractivity contribution in [2.24, 2.45) is 5.73 Å². The highest BCUT2D eigenvalue weighted by Gasteiger charge is 2.52. The van der Waals surface area contributed by atoms with E-state index in [4.69, 9.17) is 26.6 Å². The van der Waals surface area contributed by atoms with E-state index in [0.717, 1.165) is 21.6 Å². The molecule has 0 spiro atoms. The predicted molar refractivity (Wildman–Crippen MR) is 89.3 cm³/mol. The monoisotopic (exact) mass is 307 g/mol. The average molecular weight is 308 g/mol. The van der Waals surface area contributed by atoms with Crippen LogP contribution in [0.5, 0.6) is 0 Å². The molecule has 1 aliphatic heterocycles. The molecule has 5 heteroatoms. The van der Waals surface area contributed by atoms with E-state index in [-0.39, 0.29) is 11.2 Å². The van der Waals surface area contributed by atoms with Crippen molar-refractivity contribution in [1.29, 1.82) is 0 Å². The molecule has 0 bridgehead atoms. The van der Waals surface area contributed by atoms with Gasteiger partial charge in [0.15, 0.2) is 0 Å². The number of halogens is 1. The van der Waals surface area contributed by atoms with Gasteiger partial charge in [-0.1, -0.05) is 29.8 Å². The first-order valence-electron chi connectivity index (χ1n) is 7.18. The molecule has 1 fully saturated rings. The van der Waals surface area contributed by atoms with Crippen LogP contribution >= 0.6 is 11.6 Å². The molecule has 0 aliphatic carbocycles. The molecule has 1 aliphatic rings. The van der Waals surface area contributed by atoms with E-state index in [2.05, 4.69) is 0 Å². The van der Waals surface area contributed by atoms with E-state index >= 15 is 0 Å². The van der Waals surface area contributed by atoms with Crippen LogP contribution < -0.4 is 5.73 Å². The van der Waals surface area contributed by atoms with Crippen molar-refractivity contribution in [3.8, 4) is 0 Å². The van der Waals surface area contributed by atoms with Crippen molar-refractivity contribution >= 4 is 24.8 Å². The number of hydrogen-bond donors (Lipinski definition) is 1. The second-order valence-electron chi connectivity index (χ2n) is 6.52. The maximum absolute atomic E-state index is 6.17. The smallest absolute Gasteiger partial charge is 0.400 e. The largest absolute Gasteiger partial charge is 0.491 e. The highest BCUT2D eigenvalue weighted by Crippen LogP contribution is 2.38. The van der Waals surface area contributed by atoms with Crippen molar-refractivity contribution in [2.45, 2.75) is 45.8 Å². The van der Waals surface area contributed by atoms with Crippen LogP contribution in [0, 0.1) is 6.92 Å². The minimum absolute atomic E-state index is 0.364. The van der Waals surface area contributed by atoms with Crippen molar-refractivity contribution in [1.82, 2.24) is 0 Å². The summed E-state index contributed by atoms with van der Waals surface area (Å²) in [7, 11) is -0.417. The Hall–Kier alpha value is -0.805. The molecule has 1 saturated heterocycles. The average Bonchev–Trinajstić information content (AvgIpc) is 2.59. The molecule has 0 atom stereocenters. The van der Waals surface area contributed by atoms with Gasteiger partial charge in [0.25, 0.3) is 0 Å². The molecule has 1 heterocycles. The van der Waals surface area contributed by atoms with E-state index in [0.29, 0.717) is 6.54 Å². The van der Waals surface area contributed by atoms with Gasteiger partial charge in [0, 0.05) is 11.6 Å². The summed E-state index contributed by atoms with van der Waals surface area (Å²) in [6.45, 7) is 10.5. The summed E-state index contributed by atoms with van der Waals surface area (Å²) in [5, 5.41) is 0.744. The summed E-state index contributed by atoms with van der Waals surface area (Å²) in [6, 6.07) is 5.94. The van der Waals surface area contributed by atoms with Gasteiger partial charge in [-0.25, -0.2) is 0 Å². The maximum atomic E-state index is 6.17. The van der Waals surface area contributed by atoms with Crippen LogP contribution in [0.4, 0.5) is 0 Å². The van der Waals surface area contributed by atoms with Crippen LogP contribution in [0.25, 0.3) is 6.08 Å². The van der Waals surface area contributed by atoms with Gasteiger partial charge in [-0.15, -0.1) is 0 Å². The molecule has 0 radical (unpaired) electrons. The van der Waals surface area contributed by atoms with Crippen LogP contribution in [-0.2, 0) is 9.31 Å². The Kier molecular flexibility index (Phi) is 4.55. The zero-order valence-electron chi connectivity index (χ0n) is 13.4. The third-order valence-electron chi connectivity index (χ3n) is 4.34. The first-order valence-corrected chi connectivity index (χ1v) is 7.56. The molecule has 21 heavy (non-hydrogen) atoms. The Morgan fingerprint density at radius 3 is 2.29 bits per heavy atom. The molecular formula is C16H23BClNO2. The van der Waals surface area contributed by atoms with Gasteiger partial charge in [-0.05, 0) is 57.3 Å². The quantitative estimate of drug-likeness (QED) is 0.867. The van der Waals surface area contributed by atoms with Gasteiger partial charge < -0.3 is 15.0 Å². The van der Waals surface area contributed by atoms with E-state index in [1.54, 1.807) is 0 Å². The summed E-state index contributed by atoms with van der Waals surface area (Å²) in [6.07, 6.45) is 1.99. The molecule has 114 valence electrons. The van der Waals surface area contributed by atoms with Gasteiger partial charge in [0.05, 0.1) is 11.2 Å². The van der Waals surface area contributed by atoms with E-state index < -0.39 is 7.12 Å². The fourth-order valence-electron chi connectivity index (χ4n) is 2.13. The number of rotatable bonds is 3. The zero-order chi connectivity index (χ0) is 15.8. The molecule has 0 unspecified atom stereocenters. The van der Waals surface area contributed by atoms with Gasteiger partial charge in [-0.3, -0.25) is 0 Å². The van der Waals surface area contributed by atoms with Crippen molar-refractivity contribution in [3.05, 3.63) is 39.8 Å². The highest BCUT2D eigenvalue weighted by atomic mass is 35.5. The lowest BCUT2D eigenvalue weighted by Crippen LogP contribution is -2.41. The molecule has 1 aromatic rings. The van der Waals surface area contributed by atoms with E-state index in [9.17, 15) is 0 Å². The molecule has 1 aromatic carbocycles. The zero-order valence-corrected chi connectivity index (χ0v) is 14.1. The Bertz CT molecular complexity index is 553. The SMILES string of the molecule is Cc1ccc(C=C(CN)B2OC(C)(C)C(C)(C)O2)cc1Cl. The Morgan fingerprint density at radius 1 is 1.24 bits per heavy atom. The second-order valence-corrected chi connectivity index (χ2v) is 6.93. The van der Waals surface area contributed by atoms with Gasteiger partial charge in [0.1, 0.15) is 0 Å². The van der Waals surface area contributed by atoms with Crippen LogP contribution in [-0.4, -0.2) is 24.9 Å². The third kappa shape index (κ3) is 3.34. The number of aryl methyl sites for hydroxylation is 1. The standard InChI is InChI=1S/C16H23BClNO2/c1-11-6-7-12(9-14(11)18)8-13(10-19)17-20-15(2,3)16(4,5)21-17/h6-9H,10,19H2,1-5H3. The Labute approximate surface area is 132 Å². The lowest BCUT2D eigenvalue weighted by atomic mass is 9.77. The summed E-state index contributed by atoms with van der Waals surface area (Å²) >= 11 is 6.17. The van der Waals surface area contributed by atoms with E-state index in [1.807, 2.05) is 58.9 Å². The van der Waals surface area contributed by atoms with Crippen molar-refractivity contribution in [3.63, 3.8) is 0 Å². The molecule has 3 nitrogen and oxygen atoms in total. The van der Waals surface area contributed by atoms with Crippen LogP contribution in [0.15, 0.2) is 23.7 Å². The lowest BCUT2D eigenvalue weighted by molar-refractivity contribution is 0.00578. The molecule has 0 amide bonds. The Balaban J connectivity index is 2.28. The minimum atomic E-state index is -0.417. The number of hydrogen-bond acceptors (Lipinski definition) is 3. The summed E-state index contributed by atoms with van der Waals surface area (Å²) in [5.41, 5.74) is 8.12. The van der Waals surface area contributed by atoms with Gasteiger partial charge in [-0.2, -0.15) is 0 Å². The summed E-state index contributed by atoms with van der Waals surface area (Å²) in [4.78, 5) is 0. The second kappa shape index (κ2) is 5.77. The van der Waals surface area contributed by atoms with Crippen LogP contribution in [0.2, 0.25) is 5.02 Å². The normalized spacial score (nSPS) is 20.9. The number of benzene rings is 1. The fourth-order valence-corrected chi connectivity index (χ4v) is 2.32. The Morgan fingerprint density at radius 2 is 1.81 bits per heavy atom. The topological polar surface area (TPSA) is 44.5 Å². The highest BCUT2D eigenvalue weighted by molar-refractivity contribution is 6.55. The van der Waals surface area contributed by atoms with Crippen LogP contribution in [0.1, 0.15) is 38.8 Å².